The number of methoxy groups -OCH3 is 2. The summed E-state index contributed by atoms with van der Waals surface area (Å²) in [4.78, 5) is 31.8. The SMILES string of the molecule is COc1ccc(C(O)=C2C(=O)C(=O)N(CCc3c[nH]c4ccc(OC)cc34)[C@H]2c2ccc(C(C)(C)C)cc2)cc1. The minimum absolute atomic E-state index is 0.0557. The average molecular weight is 539 g/mol. The zero-order chi connectivity index (χ0) is 28.6. The van der Waals surface area contributed by atoms with Crippen molar-refractivity contribution in [2.24, 2.45) is 0 Å². The lowest BCUT2D eigenvalue weighted by molar-refractivity contribution is -0.139. The van der Waals surface area contributed by atoms with Crippen LogP contribution in [0.25, 0.3) is 16.7 Å². The largest absolute Gasteiger partial charge is 0.507 e. The van der Waals surface area contributed by atoms with Gasteiger partial charge in [0.2, 0.25) is 0 Å². The van der Waals surface area contributed by atoms with Gasteiger partial charge in [0, 0.05) is 29.2 Å². The predicted molar refractivity (Wildman–Crippen MR) is 156 cm³/mol. The third-order valence-electron chi connectivity index (χ3n) is 7.59. The molecule has 1 fully saturated rings. The van der Waals surface area contributed by atoms with Crippen LogP contribution in [-0.4, -0.2) is 47.4 Å². The van der Waals surface area contributed by atoms with Gasteiger partial charge in [-0.1, -0.05) is 45.0 Å². The Morgan fingerprint density at radius 2 is 1.57 bits per heavy atom. The monoisotopic (exact) mass is 538 g/mol. The first-order valence-corrected chi connectivity index (χ1v) is 13.3. The second-order valence-electron chi connectivity index (χ2n) is 11.1. The predicted octanol–water partition coefficient (Wildman–Crippen LogP) is 6.15. The molecule has 1 aromatic heterocycles. The molecule has 206 valence electrons. The van der Waals surface area contributed by atoms with Gasteiger partial charge in [-0.3, -0.25) is 9.59 Å². The first kappa shape index (κ1) is 27.1. The number of nitrogens with one attached hydrogen (secondary N) is 1. The summed E-state index contributed by atoms with van der Waals surface area (Å²) in [5, 5.41) is 12.4. The zero-order valence-corrected chi connectivity index (χ0v) is 23.4. The molecule has 0 radical (unpaired) electrons. The third kappa shape index (κ3) is 4.95. The van der Waals surface area contributed by atoms with Gasteiger partial charge in [-0.25, -0.2) is 0 Å². The van der Waals surface area contributed by atoms with E-state index in [-0.39, 0.29) is 16.7 Å². The summed E-state index contributed by atoms with van der Waals surface area (Å²) in [6, 6.07) is 19.8. The number of amides is 1. The van der Waals surface area contributed by atoms with Crippen LogP contribution in [0.4, 0.5) is 0 Å². The van der Waals surface area contributed by atoms with Crippen LogP contribution in [0.1, 0.15) is 49.1 Å². The van der Waals surface area contributed by atoms with Crippen LogP contribution in [0.5, 0.6) is 11.5 Å². The highest BCUT2D eigenvalue weighted by atomic mass is 16.5. The van der Waals surface area contributed by atoms with Gasteiger partial charge in [0.1, 0.15) is 17.3 Å². The minimum atomic E-state index is -0.726. The number of nitrogens with zero attached hydrogens (tertiary/aromatic N) is 1. The van der Waals surface area contributed by atoms with E-state index in [1.807, 2.05) is 48.7 Å². The van der Waals surface area contributed by atoms with E-state index in [0.717, 1.165) is 33.3 Å². The van der Waals surface area contributed by atoms with Gasteiger partial charge in [0.15, 0.2) is 0 Å². The Labute approximate surface area is 234 Å². The molecule has 2 heterocycles. The molecular weight excluding hydrogens is 504 g/mol. The van der Waals surface area contributed by atoms with Crippen molar-refractivity contribution in [1.29, 1.82) is 0 Å². The number of benzene rings is 3. The van der Waals surface area contributed by atoms with E-state index in [0.29, 0.717) is 24.3 Å². The Balaban J connectivity index is 1.56. The maximum atomic E-state index is 13.5. The van der Waals surface area contributed by atoms with Gasteiger partial charge in [-0.2, -0.15) is 0 Å². The molecule has 1 amide bonds. The minimum Gasteiger partial charge on any atom is -0.507 e. The van der Waals surface area contributed by atoms with Crippen LogP contribution in [0, 0.1) is 0 Å². The van der Waals surface area contributed by atoms with Gasteiger partial charge in [-0.05, 0) is 71.0 Å². The molecule has 4 aromatic rings. The number of aliphatic hydroxyl groups excluding tert-OH is 1. The number of hydrogen-bond acceptors (Lipinski definition) is 5. The van der Waals surface area contributed by atoms with Gasteiger partial charge >= 0.3 is 0 Å². The van der Waals surface area contributed by atoms with Crippen molar-refractivity contribution in [3.05, 3.63) is 101 Å². The zero-order valence-electron chi connectivity index (χ0n) is 23.4. The molecule has 3 aromatic carbocycles. The Bertz CT molecular complexity index is 1590. The van der Waals surface area contributed by atoms with Crippen molar-refractivity contribution in [1.82, 2.24) is 9.88 Å². The van der Waals surface area contributed by atoms with E-state index in [4.69, 9.17) is 9.47 Å². The summed E-state index contributed by atoms with van der Waals surface area (Å²) >= 11 is 0. The van der Waals surface area contributed by atoms with Crippen LogP contribution in [-0.2, 0) is 21.4 Å². The van der Waals surface area contributed by atoms with Crippen molar-refractivity contribution in [3.63, 3.8) is 0 Å². The van der Waals surface area contributed by atoms with Crippen molar-refractivity contribution in [3.8, 4) is 11.5 Å². The number of ketones is 1. The van der Waals surface area contributed by atoms with E-state index in [1.54, 1.807) is 43.4 Å². The van der Waals surface area contributed by atoms with E-state index >= 15 is 0 Å². The van der Waals surface area contributed by atoms with E-state index < -0.39 is 17.7 Å². The Morgan fingerprint density at radius 3 is 2.20 bits per heavy atom. The molecule has 0 saturated carbocycles. The molecule has 40 heavy (non-hydrogen) atoms. The molecule has 1 aliphatic rings. The Hall–Kier alpha value is -4.52. The lowest BCUT2D eigenvalue weighted by Crippen LogP contribution is -2.31. The molecule has 0 unspecified atom stereocenters. The molecule has 5 rings (SSSR count). The second-order valence-corrected chi connectivity index (χ2v) is 11.1. The van der Waals surface area contributed by atoms with Crippen LogP contribution >= 0.6 is 0 Å². The highest BCUT2D eigenvalue weighted by Gasteiger charge is 2.46. The number of rotatable bonds is 7. The Morgan fingerprint density at radius 1 is 0.925 bits per heavy atom. The summed E-state index contributed by atoms with van der Waals surface area (Å²) in [5.74, 6) is -0.157. The smallest absolute Gasteiger partial charge is 0.295 e. The number of carbonyl (C=O) groups is 2. The molecule has 1 saturated heterocycles. The molecule has 1 atom stereocenters. The number of hydrogen-bond donors (Lipinski definition) is 2. The molecule has 7 nitrogen and oxygen atoms in total. The van der Waals surface area contributed by atoms with Gasteiger partial charge < -0.3 is 24.5 Å². The molecule has 0 spiro atoms. The first-order valence-electron chi connectivity index (χ1n) is 13.3. The summed E-state index contributed by atoms with van der Waals surface area (Å²) in [7, 11) is 3.19. The number of ether oxygens (including phenoxy) is 2. The normalized spacial score (nSPS) is 17.0. The maximum absolute atomic E-state index is 13.5. The highest BCUT2D eigenvalue weighted by Crippen LogP contribution is 2.40. The van der Waals surface area contributed by atoms with Crippen LogP contribution in [0.15, 0.2) is 78.5 Å². The molecule has 7 heteroatoms. The maximum Gasteiger partial charge on any atom is 0.295 e. The number of aliphatic hydroxyl groups is 1. The highest BCUT2D eigenvalue weighted by molar-refractivity contribution is 6.46. The summed E-state index contributed by atoms with van der Waals surface area (Å²) in [6.45, 7) is 6.69. The Kier molecular flexibility index (Phi) is 7.15. The van der Waals surface area contributed by atoms with E-state index in [2.05, 4.69) is 25.8 Å². The second kappa shape index (κ2) is 10.6. The van der Waals surface area contributed by atoms with Gasteiger partial charge in [0.05, 0.1) is 25.8 Å². The fraction of sp³-hybridized carbons (Fsp3) is 0.273. The number of likely N-dealkylation sites (tertiary alicyclic amines) is 1. The summed E-state index contributed by atoms with van der Waals surface area (Å²) < 4.78 is 10.6. The summed E-state index contributed by atoms with van der Waals surface area (Å²) in [5.41, 5.74) is 4.34. The number of Topliss-reactive ketones (excluding diaryl/α,β-unsaturated/α-hetero) is 1. The van der Waals surface area contributed by atoms with Crippen molar-refractivity contribution in [2.75, 3.05) is 20.8 Å². The number of carbonyl (C=O) groups excluding carboxylic acids is 2. The van der Waals surface area contributed by atoms with Gasteiger partial charge in [-0.15, -0.1) is 0 Å². The molecule has 0 bridgehead atoms. The van der Waals surface area contributed by atoms with Crippen molar-refractivity contribution < 1.29 is 24.2 Å². The standard InChI is InChI=1S/C33H34N2O5/c1-33(2,3)23-10-6-20(7-11-23)29-28(30(36)21-8-12-24(39-4)13-9-21)31(37)32(38)35(29)17-16-22-19-34-27-15-14-25(40-5)18-26(22)27/h6-15,18-19,29,34,36H,16-17H2,1-5H3/t29-/m0/s1. The molecule has 0 aliphatic carbocycles. The fourth-order valence-electron chi connectivity index (χ4n) is 5.26. The van der Waals surface area contributed by atoms with E-state index in [1.165, 1.54) is 0 Å². The quantitative estimate of drug-likeness (QED) is 0.167. The topological polar surface area (TPSA) is 91.9 Å². The van der Waals surface area contributed by atoms with E-state index in [9.17, 15) is 14.7 Å². The van der Waals surface area contributed by atoms with Crippen LogP contribution < -0.4 is 9.47 Å². The number of aromatic nitrogens is 1. The van der Waals surface area contributed by atoms with Crippen molar-refractivity contribution in [2.45, 2.75) is 38.6 Å². The average Bonchev–Trinajstić information content (AvgIpc) is 3.48. The molecule has 1 aliphatic heterocycles. The first-order chi connectivity index (χ1) is 19.1. The van der Waals surface area contributed by atoms with Gasteiger partial charge in [0.25, 0.3) is 11.7 Å². The third-order valence-corrected chi connectivity index (χ3v) is 7.59. The lowest BCUT2D eigenvalue weighted by atomic mass is 9.85. The number of fused-ring (bicyclic) bond motifs is 1. The molecular formula is C33H34N2O5. The van der Waals surface area contributed by atoms with Crippen LogP contribution in [0.3, 0.4) is 0 Å². The number of H-pyrrole nitrogens is 1. The molecule has 2 N–H and O–H groups in total. The van der Waals surface area contributed by atoms with Crippen LogP contribution in [0.2, 0.25) is 0 Å². The van der Waals surface area contributed by atoms with Crippen molar-refractivity contribution >= 4 is 28.4 Å². The lowest BCUT2D eigenvalue weighted by Gasteiger charge is -2.26. The summed E-state index contributed by atoms with van der Waals surface area (Å²) in [6.07, 6.45) is 2.44. The number of aromatic amines is 1. The fourth-order valence-corrected chi connectivity index (χ4v) is 5.26.